The number of aliphatic imine (C=N–C) groups is 1. The second kappa shape index (κ2) is 9.61. The molecule has 0 saturated heterocycles. The Morgan fingerprint density at radius 3 is 2.86 bits per heavy atom. The minimum atomic E-state index is 0. The van der Waals surface area contributed by atoms with Crippen molar-refractivity contribution in [3.05, 3.63) is 16.1 Å². The Balaban J connectivity index is 0.00000220. The van der Waals surface area contributed by atoms with E-state index in [1.807, 2.05) is 6.92 Å². The van der Waals surface area contributed by atoms with E-state index < -0.39 is 0 Å². The summed E-state index contributed by atoms with van der Waals surface area (Å²) in [6.07, 6.45) is 5.43. The van der Waals surface area contributed by atoms with Crippen LogP contribution in [0.15, 0.2) is 10.4 Å². The van der Waals surface area contributed by atoms with Crippen molar-refractivity contribution >= 4 is 41.3 Å². The fraction of sp³-hybridized carbons (Fsp3) is 0.733. The molecular formula is C15H27IN4S. The summed E-state index contributed by atoms with van der Waals surface area (Å²) in [4.78, 5) is 11.4. The average molecular weight is 422 g/mol. The summed E-state index contributed by atoms with van der Waals surface area (Å²) in [6.45, 7) is 6.81. The first-order valence-corrected chi connectivity index (χ1v) is 8.47. The first-order valence-electron chi connectivity index (χ1n) is 7.59. The second-order valence-electron chi connectivity index (χ2n) is 5.54. The third-order valence-electron chi connectivity index (χ3n) is 3.49. The highest BCUT2D eigenvalue weighted by molar-refractivity contribution is 14.0. The van der Waals surface area contributed by atoms with Crippen molar-refractivity contribution in [2.75, 3.05) is 20.1 Å². The molecule has 0 aliphatic heterocycles. The van der Waals surface area contributed by atoms with E-state index in [4.69, 9.17) is 4.99 Å². The van der Waals surface area contributed by atoms with Crippen molar-refractivity contribution in [3.63, 3.8) is 0 Å². The molecule has 1 N–H and O–H groups in total. The van der Waals surface area contributed by atoms with Gasteiger partial charge in [0.15, 0.2) is 5.96 Å². The summed E-state index contributed by atoms with van der Waals surface area (Å²) in [5.74, 6) is 2.00. The van der Waals surface area contributed by atoms with E-state index in [9.17, 15) is 0 Å². The zero-order valence-electron chi connectivity index (χ0n) is 13.3. The summed E-state index contributed by atoms with van der Waals surface area (Å²) in [6, 6.07) is 0. The monoisotopic (exact) mass is 422 g/mol. The Bertz CT molecular complexity index is 443. The molecular weight excluding hydrogens is 395 g/mol. The smallest absolute Gasteiger partial charge is 0.194 e. The van der Waals surface area contributed by atoms with Crippen molar-refractivity contribution in [1.29, 1.82) is 0 Å². The van der Waals surface area contributed by atoms with E-state index in [0.29, 0.717) is 0 Å². The number of halogens is 1. The van der Waals surface area contributed by atoms with Crippen LogP contribution in [-0.2, 0) is 6.54 Å². The molecule has 0 amide bonds. The molecule has 21 heavy (non-hydrogen) atoms. The van der Waals surface area contributed by atoms with Crippen molar-refractivity contribution in [1.82, 2.24) is 15.2 Å². The van der Waals surface area contributed by atoms with Gasteiger partial charge in [-0.05, 0) is 32.6 Å². The van der Waals surface area contributed by atoms with Crippen molar-refractivity contribution in [2.24, 2.45) is 10.9 Å². The summed E-state index contributed by atoms with van der Waals surface area (Å²) in [5.41, 5.74) is 1.12. The molecule has 1 heterocycles. The number of rotatable bonds is 7. The molecule has 0 atom stereocenters. The number of nitrogens with one attached hydrogen (secondary N) is 1. The molecule has 1 fully saturated rings. The van der Waals surface area contributed by atoms with Crippen LogP contribution in [0.4, 0.5) is 0 Å². The molecule has 1 aromatic heterocycles. The van der Waals surface area contributed by atoms with Gasteiger partial charge in [0, 0.05) is 25.5 Å². The fourth-order valence-corrected chi connectivity index (χ4v) is 2.84. The van der Waals surface area contributed by atoms with Crippen LogP contribution in [0.1, 0.15) is 43.3 Å². The molecule has 1 aliphatic rings. The van der Waals surface area contributed by atoms with E-state index in [1.165, 1.54) is 25.7 Å². The van der Waals surface area contributed by atoms with Crippen molar-refractivity contribution in [2.45, 2.75) is 46.1 Å². The van der Waals surface area contributed by atoms with Crippen LogP contribution in [-0.4, -0.2) is 36.0 Å². The predicted octanol–water partition coefficient (Wildman–Crippen LogP) is 3.66. The predicted molar refractivity (Wildman–Crippen MR) is 102 cm³/mol. The number of thiazole rings is 1. The van der Waals surface area contributed by atoms with Gasteiger partial charge in [-0.25, -0.2) is 4.98 Å². The zero-order chi connectivity index (χ0) is 14.4. The standard InChI is InChI=1S/C15H26N4S.HI/c1-4-16-15(17-9-5-6-13-7-8-13)19(3)10-14-11-20-12(2)18-14;/h11,13H,4-10H2,1-3H3,(H,16,17);1H. The maximum atomic E-state index is 4.72. The van der Waals surface area contributed by atoms with Crippen LogP contribution in [0.25, 0.3) is 0 Å². The SMILES string of the molecule is CCNC(=NCCCC1CC1)N(C)Cc1csc(C)n1.I. The molecule has 0 bridgehead atoms. The molecule has 2 rings (SSSR count). The van der Waals surface area contributed by atoms with E-state index in [0.717, 1.165) is 42.2 Å². The molecule has 0 unspecified atom stereocenters. The number of hydrogen-bond acceptors (Lipinski definition) is 3. The molecule has 1 saturated carbocycles. The van der Waals surface area contributed by atoms with Crippen LogP contribution >= 0.6 is 35.3 Å². The third kappa shape index (κ3) is 6.95. The Hall–Kier alpha value is -0.370. The summed E-state index contributed by atoms with van der Waals surface area (Å²) >= 11 is 1.71. The van der Waals surface area contributed by atoms with Crippen molar-refractivity contribution in [3.8, 4) is 0 Å². The van der Waals surface area contributed by atoms with Gasteiger partial charge in [0.25, 0.3) is 0 Å². The highest BCUT2D eigenvalue weighted by Crippen LogP contribution is 2.33. The summed E-state index contributed by atoms with van der Waals surface area (Å²) < 4.78 is 0. The Labute approximate surface area is 149 Å². The van der Waals surface area contributed by atoms with Gasteiger partial charge >= 0.3 is 0 Å². The minimum Gasteiger partial charge on any atom is -0.357 e. The lowest BCUT2D eigenvalue weighted by molar-refractivity contribution is 0.470. The molecule has 1 aromatic rings. The lowest BCUT2D eigenvalue weighted by atomic mass is 10.2. The average Bonchev–Trinajstić information content (AvgIpc) is 3.16. The van der Waals surface area contributed by atoms with Gasteiger partial charge in [-0.15, -0.1) is 35.3 Å². The van der Waals surface area contributed by atoms with Crippen LogP contribution in [0.5, 0.6) is 0 Å². The van der Waals surface area contributed by atoms with Gasteiger partial charge in [-0.2, -0.15) is 0 Å². The van der Waals surface area contributed by atoms with E-state index >= 15 is 0 Å². The van der Waals surface area contributed by atoms with E-state index in [-0.39, 0.29) is 24.0 Å². The molecule has 120 valence electrons. The molecule has 4 nitrogen and oxygen atoms in total. The normalized spacial score (nSPS) is 14.7. The Morgan fingerprint density at radius 1 is 1.52 bits per heavy atom. The van der Waals surface area contributed by atoms with Gasteiger partial charge < -0.3 is 10.2 Å². The minimum absolute atomic E-state index is 0. The number of aryl methyl sites for hydroxylation is 1. The Kier molecular flexibility index (Phi) is 8.55. The number of aromatic nitrogens is 1. The molecule has 0 spiro atoms. The van der Waals surface area contributed by atoms with E-state index in [2.05, 4.69) is 34.6 Å². The van der Waals surface area contributed by atoms with Crippen LogP contribution in [0.3, 0.4) is 0 Å². The zero-order valence-corrected chi connectivity index (χ0v) is 16.4. The third-order valence-corrected chi connectivity index (χ3v) is 4.31. The van der Waals surface area contributed by atoms with Crippen LogP contribution in [0.2, 0.25) is 0 Å². The second-order valence-corrected chi connectivity index (χ2v) is 6.60. The van der Waals surface area contributed by atoms with E-state index in [1.54, 1.807) is 11.3 Å². The quantitative estimate of drug-likeness (QED) is 0.316. The largest absolute Gasteiger partial charge is 0.357 e. The van der Waals surface area contributed by atoms with Gasteiger partial charge in [0.05, 0.1) is 17.2 Å². The fourth-order valence-electron chi connectivity index (χ4n) is 2.24. The van der Waals surface area contributed by atoms with Gasteiger partial charge in [-0.1, -0.05) is 12.8 Å². The summed E-state index contributed by atoms with van der Waals surface area (Å²) in [5, 5.41) is 6.62. The highest BCUT2D eigenvalue weighted by Gasteiger charge is 2.20. The van der Waals surface area contributed by atoms with Gasteiger partial charge in [-0.3, -0.25) is 4.99 Å². The maximum Gasteiger partial charge on any atom is 0.194 e. The molecule has 0 radical (unpaired) electrons. The van der Waals surface area contributed by atoms with Crippen LogP contribution in [0, 0.1) is 12.8 Å². The van der Waals surface area contributed by atoms with Crippen molar-refractivity contribution < 1.29 is 0 Å². The Morgan fingerprint density at radius 2 is 2.29 bits per heavy atom. The maximum absolute atomic E-state index is 4.72. The first-order chi connectivity index (χ1) is 9.69. The topological polar surface area (TPSA) is 40.5 Å². The number of nitrogens with zero attached hydrogens (tertiary/aromatic N) is 3. The highest BCUT2D eigenvalue weighted by atomic mass is 127. The molecule has 1 aliphatic carbocycles. The molecule has 0 aromatic carbocycles. The lowest BCUT2D eigenvalue weighted by Crippen LogP contribution is -2.38. The number of guanidine groups is 1. The lowest BCUT2D eigenvalue weighted by Gasteiger charge is -2.21. The number of hydrogen-bond donors (Lipinski definition) is 1. The van der Waals surface area contributed by atoms with Crippen LogP contribution < -0.4 is 5.32 Å². The first kappa shape index (κ1) is 18.7. The van der Waals surface area contributed by atoms with Gasteiger partial charge in [0.1, 0.15) is 0 Å². The summed E-state index contributed by atoms with van der Waals surface area (Å²) in [7, 11) is 2.08. The molecule has 6 heteroatoms. The van der Waals surface area contributed by atoms with Gasteiger partial charge in [0.2, 0.25) is 0 Å².